The number of thiophene rings is 1. The van der Waals surface area contributed by atoms with Crippen LogP contribution in [0.1, 0.15) is 39.1 Å². The monoisotopic (exact) mass is 313 g/mol. The maximum absolute atomic E-state index is 12.6. The normalized spacial score (nSPS) is 23.5. The van der Waals surface area contributed by atoms with E-state index >= 15 is 0 Å². The molecule has 1 spiro atoms. The van der Waals surface area contributed by atoms with Gasteiger partial charge in [0.05, 0.1) is 17.7 Å². The van der Waals surface area contributed by atoms with Crippen molar-refractivity contribution >= 4 is 23.2 Å². The number of likely N-dealkylation sites (tertiary alicyclic amines) is 1. The third-order valence-corrected chi connectivity index (χ3v) is 5.12. The molecule has 1 amide bonds. The summed E-state index contributed by atoms with van der Waals surface area (Å²) < 4.78 is 5.73. The molecule has 22 heavy (non-hydrogen) atoms. The van der Waals surface area contributed by atoms with Crippen LogP contribution in [0.15, 0.2) is 41.1 Å². The molecule has 0 N–H and O–H groups in total. The van der Waals surface area contributed by atoms with Crippen LogP contribution < -0.4 is 0 Å². The van der Waals surface area contributed by atoms with Crippen LogP contribution in [0.2, 0.25) is 0 Å². The van der Waals surface area contributed by atoms with E-state index in [1.54, 1.807) is 11.0 Å². The van der Waals surface area contributed by atoms with E-state index < -0.39 is 5.60 Å². The molecule has 2 aliphatic heterocycles. The van der Waals surface area contributed by atoms with Gasteiger partial charge in [-0.1, -0.05) is 18.2 Å². The smallest absolute Gasteiger partial charge is 0.339 e. The molecule has 0 saturated carbocycles. The van der Waals surface area contributed by atoms with Gasteiger partial charge in [-0.25, -0.2) is 4.79 Å². The van der Waals surface area contributed by atoms with Crippen LogP contribution >= 0.6 is 11.3 Å². The van der Waals surface area contributed by atoms with Crippen LogP contribution in [0, 0.1) is 0 Å². The number of carbonyl (C=O) groups excluding carboxylic acids is 2. The van der Waals surface area contributed by atoms with Gasteiger partial charge in [-0.05, 0) is 30.4 Å². The highest BCUT2D eigenvalue weighted by atomic mass is 32.1. The van der Waals surface area contributed by atoms with Crippen LogP contribution in [-0.4, -0.2) is 29.9 Å². The summed E-state index contributed by atoms with van der Waals surface area (Å²) in [4.78, 5) is 26.5. The second-order valence-electron chi connectivity index (χ2n) is 5.77. The molecule has 112 valence electrons. The lowest BCUT2D eigenvalue weighted by Crippen LogP contribution is -2.48. The zero-order valence-electron chi connectivity index (χ0n) is 12.0. The number of nitrogens with zero attached hydrogens (tertiary/aromatic N) is 1. The van der Waals surface area contributed by atoms with E-state index in [1.165, 1.54) is 11.3 Å². The van der Waals surface area contributed by atoms with Gasteiger partial charge in [0.15, 0.2) is 5.60 Å². The highest BCUT2D eigenvalue weighted by molar-refractivity contribution is 7.08. The van der Waals surface area contributed by atoms with Crippen LogP contribution in [0.5, 0.6) is 0 Å². The number of fused-ring (bicyclic) bond motifs is 2. The number of carbonyl (C=O) groups is 2. The molecule has 0 aliphatic carbocycles. The minimum Gasteiger partial charge on any atom is -0.449 e. The predicted molar refractivity (Wildman–Crippen MR) is 83.0 cm³/mol. The molecule has 2 aromatic rings. The minimum atomic E-state index is -0.669. The first kappa shape index (κ1) is 13.5. The zero-order valence-corrected chi connectivity index (χ0v) is 12.8. The van der Waals surface area contributed by atoms with Crippen molar-refractivity contribution in [2.75, 3.05) is 13.1 Å². The Hall–Kier alpha value is -2.14. The van der Waals surface area contributed by atoms with E-state index in [2.05, 4.69) is 0 Å². The number of rotatable bonds is 1. The summed E-state index contributed by atoms with van der Waals surface area (Å²) in [6.45, 7) is 1.14. The van der Waals surface area contributed by atoms with Crippen molar-refractivity contribution in [3.8, 4) is 0 Å². The molecule has 1 atom stereocenters. The van der Waals surface area contributed by atoms with Gasteiger partial charge in [-0.3, -0.25) is 4.79 Å². The molecule has 2 aliphatic rings. The van der Waals surface area contributed by atoms with Crippen molar-refractivity contribution in [3.05, 3.63) is 57.8 Å². The fourth-order valence-electron chi connectivity index (χ4n) is 3.41. The van der Waals surface area contributed by atoms with Gasteiger partial charge >= 0.3 is 5.97 Å². The van der Waals surface area contributed by atoms with E-state index in [-0.39, 0.29) is 11.9 Å². The molecule has 1 fully saturated rings. The number of amides is 1. The van der Waals surface area contributed by atoms with Crippen LogP contribution in [0.4, 0.5) is 0 Å². The van der Waals surface area contributed by atoms with Crippen LogP contribution in [0.25, 0.3) is 0 Å². The maximum Gasteiger partial charge on any atom is 0.339 e. The van der Waals surface area contributed by atoms with Crippen molar-refractivity contribution in [2.24, 2.45) is 0 Å². The first-order chi connectivity index (χ1) is 10.7. The summed E-state index contributed by atoms with van der Waals surface area (Å²) in [5.74, 6) is -0.263. The fraction of sp³-hybridized carbons (Fsp3) is 0.294. The van der Waals surface area contributed by atoms with E-state index in [1.807, 2.05) is 35.0 Å². The average Bonchev–Trinajstić information content (AvgIpc) is 3.16. The van der Waals surface area contributed by atoms with Gasteiger partial charge in [0, 0.05) is 17.5 Å². The minimum absolute atomic E-state index is 0.0146. The molecule has 1 aromatic heterocycles. The predicted octanol–water partition coefficient (Wildman–Crippen LogP) is 3.05. The van der Waals surface area contributed by atoms with Gasteiger partial charge in [0.2, 0.25) is 0 Å². The van der Waals surface area contributed by atoms with E-state index in [4.69, 9.17) is 4.74 Å². The Kier molecular flexibility index (Phi) is 3.04. The van der Waals surface area contributed by atoms with Crippen molar-refractivity contribution < 1.29 is 14.3 Å². The van der Waals surface area contributed by atoms with E-state index in [0.29, 0.717) is 24.2 Å². The topological polar surface area (TPSA) is 46.6 Å². The summed E-state index contributed by atoms with van der Waals surface area (Å²) in [6, 6.07) is 9.34. The lowest BCUT2D eigenvalue weighted by Gasteiger charge is -2.39. The van der Waals surface area contributed by atoms with Gasteiger partial charge in [-0.15, -0.1) is 0 Å². The second kappa shape index (κ2) is 4.95. The Balaban J connectivity index is 1.67. The fourth-order valence-corrected chi connectivity index (χ4v) is 4.04. The molecule has 1 saturated heterocycles. The van der Waals surface area contributed by atoms with Crippen LogP contribution in [0.3, 0.4) is 0 Å². The molecule has 4 rings (SSSR count). The van der Waals surface area contributed by atoms with Crippen molar-refractivity contribution in [1.82, 2.24) is 4.90 Å². The van der Waals surface area contributed by atoms with Gasteiger partial charge < -0.3 is 9.64 Å². The number of hydrogen-bond acceptors (Lipinski definition) is 4. The number of benzene rings is 1. The average molecular weight is 313 g/mol. The summed E-state index contributed by atoms with van der Waals surface area (Å²) in [5, 5.41) is 3.76. The lowest BCUT2D eigenvalue weighted by atomic mass is 9.85. The first-order valence-corrected chi connectivity index (χ1v) is 8.28. The molecule has 0 radical (unpaired) electrons. The highest BCUT2D eigenvalue weighted by Gasteiger charge is 2.48. The van der Waals surface area contributed by atoms with Crippen LogP contribution in [-0.2, 0) is 10.3 Å². The van der Waals surface area contributed by atoms with E-state index in [9.17, 15) is 9.59 Å². The SMILES string of the molecule is O=C1OC2(CCCN(C(=O)c3ccsc3)C2)c2ccccc21. The zero-order chi connectivity index (χ0) is 15.2. The molecule has 5 heteroatoms. The highest BCUT2D eigenvalue weighted by Crippen LogP contribution is 2.42. The first-order valence-electron chi connectivity index (χ1n) is 7.34. The standard InChI is InChI=1S/C17H15NO3S/c19-15(12-6-9-22-10-12)18-8-3-7-17(11-18)14-5-2-1-4-13(14)16(20)21-17/h1-2,4-6,9-10H,3,7-8,11H2. The summed E-state index contributed by atoms with van der Waals surface area (Å²) >= 11 is 1.51. The third kappa shape index (κ3) is 1.96. The second-order valence-corrected chi connectivity index (χ2v) is 6.55. The Morgan fingerprint density at radius 1 is 1.27 bits per heavy atom. The Morgan fingerprint density at radius 3 is 2.95 bits per heavy atom. The third-order valence-electron chi connectivity index (χ3n) is 4.44. The number of hydrogen-bond donors (Lipinski definition) is 0. The summed E-state index contributed by atoms with van der Waals surface area (Å²) in [5.41, 5.74) is 1.59. The van der Waals surface area contributed by atoms with Crippen molar-refractivity contribution in [3.63, 3.8) is 0 Å². The van der Waals surface area contributed by atoms with E-state index in [0.717, 1.165) is 18.4 Å². The largest absolute Gasteiger partial charge is 0.449 e. The number of esters is 1. The molecular weight excluding hydrogens is 298 g/mol. The summed E-state index contributed by atoms with van der Waals surface area (Å²) in [6.07, 6.45) is 1.60. The molecule has 0 bridgehead atoms. The lowest BCUT2D eigenvalue weighted by molar-refractivity contribution is -0.0442. The Bertz CT molecular complexity index is 740. The van der Waals surface area contributed by atoms with Crippen molar-refractivity contribution in [2.45, 2.75) is 18.4 Å². The Labute approximate surface area is 132 Å². The molecule has 1 unspecified atom stereocenters. The van der Waals surface area contributed by atoms with Gasteiger partial charge in [-0.2, -0.15) is 11.3 Å². The maximum atomic E-state index is 12.6. The number of piperidine rings is 1. The summed E-state index contributed by atoms with van der Waals surface area (Å²) in [7, 11) is 0. The number of ether oxygens (including phenoxy) is 1. The quantitative estimate of drug-likeness (QED) is 0.760. The molecule has 4 nitrogen and oxygen atoms in total. The van der Waals surface area contributed by atoms with Gasteiger partial charge in [0.1, 0.15) is 0 Å². The van der Waals surface area contributed by atoms with Gasteiger partial charge in [0.25, 0.3) is 5.91 Å². The molecule has 3 heterocycles. The van der Waals surface area contributed by atoms with Crippen molar-refractivity contribution in [1.29, 1.82) is 0 Å². The Morgan fingerprint density at radius 2 is 2.14 bits per heavy atom. The molecular formula is C17H15NO3S. The molecule has 1 aromatic carbocycles.